The molecule has 3 rings (SSSR count). The number of aliphatic hydroxyl groups is 1. The number of methoxy groups -OCH3 is 1. The molecule has 0 aliphatic heterocycles. The van der Waals surface area contributed by atoms with E-state index in [2.05, 4.69) is 0 Å². The van der Waals surface area contributed by atoms with Crippen LogP contribution < -0.4 is 4.74 Å². The Morgan fingerprint density at radius 3 is 2.54 bits per heavy atom. The van der Waals surface area contributed by atoms with Crippen LogP contribution in [0.4, 0.5) is 0 Å². The molecule has 3 aromatic rings. The van der Waals surface area contributed by atoms with E-state index in [1.807, 2.05) is 29.6 Å². The number of ether oxygens (including phenoxy) is 2. The maximum Gasteiger partial charge on any atom is 0.347 e. The van der Waals surface area contributed by atoms with Gasteiger partial charge in [0.15, 0.2) is 0 Å². The lowest BCUT2D eigenvalue weighted by atomic mass is 9.86. The van der Waals surface area contributed by atoms with E-state index in [1.54, 1.807) is 38.3 Å². The molecule has 5 heteroatoms. The van der Waals surface area contributed by atoms with Gasteiger partial charge in [-0.1, -0.05) is 30.3 Å². The Balaban J connectivity index is 2.20. The molecule has 0 radical (unpaired) electrons. The van der Waals surface area contributed by atoms with E-state index in [0.717, 1.165) is 10.1 Å². The Hall–Kier alpha value is -2.37. The predicted octanol–water partition coefficient (Wildman–Crippen LogP) is 3.71. The van der Waals surface area contributed by atoms with E-state index in [4.69, 9.17) is 9.47 Å². The molecule has 2 aromatic carbocycles. The first-order valence-electron chi connectivity index (χ1n) is 7.62. The van der Waals surface area contributed by atoms with Gasteiger partial charge in [-0.2, -0.15) is 0 Å². The minimum atomic E-state index is -1.86. The molecule has 0 amide bonds. The smallest absolute Gasteiger partial charge is 0.347 e. The molecular weight excluding hydrogens is 324 g/mol. The van der Waals surface area contributed by atoms with Crippen molar-refractivity contribution in [2.75, 3.05) is 13.7 Å². The SMILES string of the molecule is CCOC(=O)[C@](O)(c1ccc(OC)cc1)c1csc2ccccc12. The Morgan fingerprint density at radius 2 is 1.88 bits per heavy atom. The van der Waals surface area contributed by atoms with E-state index in [-0.39, 0.29) is 6.61 Å². The first-order chi connectivity index (χ1) is 11.6. The van der Waals surface area contributed by atoms with Crippen molar-refractivity contribution in [2.24, 2.45) is 0 Å². The van der Waals surface area contributed by atoms with Crippen LogP contribution in [0.1, 0.15) is 18.1 Å². The van der Waals surface area contributed by atoms with E-state index in [9.17, 15) is 9.90 Å². The van der Waals surface area contributed by atoms with Crippen molar-refractivity contribution in [1.82, 2.24) is 0 Å². The third-order valence-corrected chi connectivity index (χ3v) is 4.91. The maximum absolute atomic E-state index is 12.7. The van der Waals surface area contributed by atoms with Gasteiger partial charge in [-0.3, -0.25) is 0 Å². The summed E-state index contributed by atoms with van der Waals surface area (Å²) < 4.78 is 11.3. The zero-order valence-electron chi connectivity index (χ0n) is 13.5. The number of thiophene rings is 1. The van der Waals surface area contributed by atoms with Gasteiger partial charge >= 0.3 is 5.97 Å². The summed E-state index contributed by atoms with van der Waals surface area (Å²) in [5, 5.41) is 14.0. The molecule has 0 saturated heterocycles. The van der Waals surface area contributed by atoms with Crippen LogP contribution in [0.2, 0.25) is 0 Å². The molecule has 0 spiro atoms. The lowest BCUT2D eigenvalue weighted by Gasteiger charge is -2.26. The van der Waals surface area contributed by atoms with Crippen molar-refractivity contribution in [3.63, 3.8) is 0 Å². The summed E-state index contributed by atoms with van der Waals surface area (Å²) >= 11 is 1.49. The van der Waals surface area contributed by atoms with E-state index in [0.29, 0.717) is 16.9 Å². The minimum Gasteiger partial charge on any atom is -0.497 e. The highest BCUT2D eigenvalue weighted by molar-refractivity contribution is 7.17. The summed E-state index contributed by atoms with van der Waals surface area (Å²) in [7, 11) is 1.57. The van der Waals surface area contributed by atoms with Gasteiger partial charge in [0.2, 0.25) is 5.60 Å². The second kappa shape index (κ2) is 6.63. The number of hydrogen-bond donors (Lipinski definition) is 1. The topological polar surface area (TPSA) is 55.8 Å². The summed E-state index contributed by atoms with van der Waals surface area (Å²) in [6, 6.07) is 14.5. The maximum atomic E-state index is 12.7. The summed E-state index contributed by atoms with van der Waals surface area (Å²) in [6.07, 6.45) is 0. The lowest BCUT2D eigenvalue weighted by molar-refractivity contribution is -0.161. The molecule has 1 heterocycles. The van der Waals surface area contributed by atoms with E-state index in [1.165, 1.54) is 11.3 Å². The molecule has 0 fully saturated rings. The molecule has 1 atom stereocenters. The number of hydrogen-bond acceptors (Lipinski definition) is 5. The van der Waals surface area contributed by atoms with Crippen molar-refractivity contribution in [3.8, 4) is 5.75 Å². The van der Waals surface area contributed by atoms with Gasteiger partial charge in [-0.15, -0.1) is 11.3 Å². The molecule has 1 N–H and O–H groups in total. The number of carbonyl (C=O) groups excluding carboxylic acids is 1. The first kappa shape index (κ1) is 16.5. The van der Waals surface area contributed by atoms with Crippen LogP contribution in [0, 0.1) is 0 Å². The normalized spacial score (nSPS) is 13.5. The Labute approximate surface area is 144 Å². The monoisotopic (exact) mass is 342 g/mol. The Bertz CT molecular complexity index is 853. The van der Waals surface area contributed by atoms with Gasteiger partial charge in [0.25, 0.3) is 0 Å². The van der Waals surface area contributed by atoms with E-state index < -0.39 is 11.6 Å². The van der Waals surface area contributed by atoms with Crippen LogP contribution in [0.15, 0.2) is 53.9 Å². The molecule has 24 heavy (non-hydrogen) atoms. The predicted molar refractivity (Wildman–Crippen MR) is 94.5 cm³/mol. The number of rotatable bonds is 5. The highest BCUT2D eigenvalue weighted by Gasteiger charge is 2.43. The Morgan fingerprint density at radius 1 is 1.17 bits per heavy atom. The van der Waals surface area contributed by atoms with Crippen molar-refractivity contribution in [1.29, 1.82) is 0 Å². The fraction of sp³-hybridized carbons (Fsp3) is 0.211. The van der Waals surface area contributed by atoms with Crippen LogP contribution in [-0.2, 0) is 15.1 Å². The summed E-state index contributed by atoms with van der Waals surface area (Å²) in [6.45, 7) is 1.91. The highest BCUT2D eigenvalue weighted by Crippen LogP contribution is 2.39. The average molecular weight is 342 g/mol. The minimum absolute atomic E-state index is 0.194. The molecule has 0 unspecified atom stereocenters. The van der Waals surface area contributed by atoms with Crippen molar-refractivity contribution >= 4 is 27.4 Å². The second-order valence-corrected chi connectivity index (χ2v) is 6.22. The van der Waals surface area contributed by atoms with Gasteiger partial charge in [0, 0.05) is 10.3 Å². The van der Waals surface area contributed by atoms with Gasteiger partial charge in [-0.25, -0.2) is 4.79 Å². The molecule has 4 nitrogen and oxygen atoms in total. The number of fused-ring (bicyclic) bond motifs is 1. The van der Waals surface area contributed by atoms with E-state index >= 15 is 0 Å². The zero-order chi connectivity index (χ0) is 17.2. The molecule has 0 saturated carbocycles. The molecule has 1 aromatic heterocycles. The molecular formula is C19H18O4S. The number of esters is 1. The summed E-state index contributed by atoms with van der Waals surface area (Å²) in [5.74, 6) is -0.0288. The van der Waals surface area contributed by atoms with Gasteiger partial charge in [0.1, 0.15) is 5.75 Å². The van der Waals surface area contributed by atoms with Crippen molar-refractivity contribution in [3.05, 3.63) is 65.0 Å². The van der Waals surface area contributed by atoms with Crippen molar-refractivity contribution < 1.29 is 19.4 Å². The second-order valence-electron chi connectivity index (χ2n) is 5.30. The molecule has 0 bridgehead atoms. The lowest BCUT2D eigenvalue weighted by Crippen LogP contribution is -2.38. The molecule has 124 valence electrons. The van der Waals surface area contributed by atoms with Gasteiger partial charge in [0.05, 0.1) is 13.7 Å². The third kappa shape index (κ3) is 2.66. The molecule has 0 aliphatic rings. The van der Waals surface area contributed by atoms with Crippen LogP contribution in [0.5, 0.6) is 5.75 Å². The zero-order valence-corrected chi connectivity index (χ0v) is 14.3. The van der Waals surface area contributed by atoms with Gasteiger partial charge in [-0.05, 0) is 41.5 Å². The average Bonchev–Trinajstić information content (AvgIpc) is 3.06. The summed E-state index contributed by atoms with van der Waals surface area (Å²) in [4.78, 5) is 12.7. The Kier molecular flexibility index (Phi) is 4.55. The van der Waals surface area contributed by atoms with Gasteiger partial charge < -0.3 is 14.6 Å². The third-order valence-electron chi connectivity index (χ3n) is 3.95. The first-order valence-corrected chi connectivity index (χ1v) is 8.50. The summed E-state index contributed by atoms with van der Waals surface area (Å²) in [5.41, 5.74) is -0.876. The molecule has 0 aliphatic carbocycles. The number of carbonyl (C=O) groups is 1. The standard InChI is InChI=1S/C19H18O4S/c1-3-23-18(20)19(21,13-8-10-14(22-2)11-9-13)16-12-24-17-7-5-4-6-15(16)17/h4-12,21H,3H2,1-2H3/t19-/m0/s1. The highest BCUT2D eigenvalue weighted by atomic mass is 32.1. The fourth-order valence-corrected chi connectivity index (χ4v) is 3.71. The largest absolute Gasteiger partial charge is 0.497 e. The van der Waals surface area contributed by atoms with Crippen LogP contribution in [0.25, 0.3) is 10.1 Å². The van der Waals surface area contributed by atoms with Crippen LogP contribution in [0.3, 0.4) is 0 Å². The fourth-order valence-electron chi connectivity index (χ4n) is 2.71. The quantitative estimate of drug-likeness (QED) is 0.718. The van der Waals surface area contributed by atoms with Crippen molar-refractivity contribution in [2.45, 2.75) is 12.5 Å². The van der Waals surface area contributed by atoms with Crippen LogP contribution >= 0.6 is 11.3 Å². The van der Waals surface area contributed by atoms with Crippen LogP contribution in [-0.4, -0.2) is 24.8 Å². The number of benzene rings is 2.